The maximum atomic E-state index is 12.5. The fourth-order valence-corrected chi connectivity index (χ4v) is 2.61. The summed E-state index contributed by atoms with van der Waals surface area (Å²) in [6.07, 6.45) is 4.16. The van der Waals surface area contributed by atoms with Crippen LogP contribution in [-0.4, -0.2) is 29.4 Å². The molecule has 0 bridgehead atoms. The number of hydrogen-bond donors (Lipinski definition) is 2. The second-order valence-corrected chi connectivity index (χ2v) is 6.48. The van der Waals surface area contributed by atoms with Crippen molar-refractivity contribution in [2.75, 3.05) is 6.54 Å². The van der Waals surface area contributed by atoms with Crippen LogP contribution in [0.2, 0.25) is 5.02 Å². The molecule has 0 aliphatic rings. The van der Waals surface area contributed by atoms with E-state index in [1.165, 1.54) is 0 Å². The van der Waals surface area contributed by atoms with Crippen LogP contribution in [0.25, 0.3) is 0 Å². The molecule has 2 aromatic rings. The third-order valence-corrected chi connectivity index (χ3v) is 4.12. The number of aromatic nitrogens is 1. The molecule has 0 aliphatic heterocycles. The van der Waals surface area contributed by atoms with Crippen molar-refractivity contribution in [1.82, 2.24) is 15.6 Å². The van der Waals surface area contributed by atoms with Crippen LogP contribution >= 0.6 is 11.6 Å². The molecule has 132 valence electrons. The molecule has 2 rings (SSSR count). The lowest BCUT2D eigenvalue weighted by Crippen LogP contribution is -2.50. The lowest BCUT2D eigenvalue weighted by molar-refractivity contribution is -0.123. The minimum atomic E-state index is -0.627. The highest BCUT2D eigenvalue weighted by molar-refractivity contribution is 6.33. The SMILES string of the molecule is CC(C)C(NC(=O)c1ccccc1Cl)C(=O)NCCc1cccnc1. The quantitative estimate of drug-likeness (QED) is 0.798. The fourth-order valence-electron chi connectivity index (χ4n) is 2.39. The third kappa shape index (κ3) is 5.57. The second-order valence-electron chi connectivity index (χ2n) is 6.08. The number of hydrogen-bond acceptors (Lipinski definition) is 3. The van der Waals surface area contributed by atoms with Gasteiger partial charge in [-0.1, -0.05) is 43.6 Å². The maximum Gasteiger partial charge on any atom is 0.253 e. The third-order valence-electron chi connectivity index (χ3n) is 3.79. The van der Waals surface area contributed by atoms with Gasteiger partial charge in [0, 0.05) is 18.9 Å². The zero-order valence-corrected chi connectivity index (χ0v) is 15.1. The Morgan fingerprint density at radius 2 is 1.92 bits per heavy atom. The Kier molecular flexibility index (Phi) is 6.95. The van der Waals surface area contributed by atoms with Crippen LogP contribution in [0.5, 0.6) is 0 Å². The van der Waals surface area contributed by atoms with Gasteiger partial charge in [-0.15, -0.1) is 0 Å². The van der Waals surface area contributed by atoms with E-state index >= 15 is 0 Å². The molecule has 1 aromatic carbocycles. The fraction of sp³-hybridized carbons (Fsp3) is 0.316. The Bertz CT molecular complexity index is 720. The molecule has 0 aliphatic carbocycles. The molecule has 25 heavy (non-hydrogen) atoms. The zero-order chi connectivity index (χ0) is 18.2. The van der Waals surface area contributed by atoms with Crippen LogP contribution in [0.15, 0.2) is 48.8 Å². The summed E-state index contributed by atoms with van der Waals surface area (Å²) in [7, 11) is 0. The molecule has 2 N–H and O–H groups in total. The van der Waals surface area contributed by atoms with Crippen molar-refractivity contribution in [2.24, 2.45) is 5.92 Å². The molecular formula is C19H22ClN3O2. The van der Waals surface area contributed by atoms with E-state index in [0.717, 1.165) is 5.56 Å². The van der Waals surface area contributed by atoms with Crippen molar-refractivity contribution in [2.45, 2.75) is 26.3 Å². The molecule has 6 heteroatoms. The molecule has 0 fully saturated rings. The van der Waals surface area contributed by atoms with Gasteiger partial charge in [0.25, 0.3) is 5.91 Å². The largest absolute Gasteiger partial charge is 0.354 e. The summed E-state index contributed by atoms with van der Waals surface area (Å²) in [5.41, 5.74) is 1.40. The van der Waals surface area contributed by atoms with Crippen LogP contribution in [0.4, 0.5) is 0 Å². The summed E-state index contributed by atoms with van der Waals surface area (Å²) in [5.74, 6) is -0.615. The van der Waals surface area contributed by atoms with E-state index in [0.29, 0.717) is 23.6 Å². The van der Waals surface area contributed by atoms with Gasteiger partial charge in [0.1, 0.15) is 6.04 Å². The van der Waals surface area contributed by atoms with Crippen molar-refractivity contribution in [3.63, 3.8) is 0 Å². The molecule has 0 radical (unpaired) electrons. The van der Waals surface area contributed by atoms with Gasteiger partial charge in [-0.3, -0.25) is 14.6 Å². The number of nitrogens with zero attached hydrogens (tertiary/aromatic N) is 1. The number of rotatable bonds is 7. The Balaban J connectivity index is 1.94. The predicted molar refractivity (Wildman–Crippen MR) is 98.5 cm³/mol. The van der Waals surface area contributed by atoms with Crippen LogP contribution < -0.4 is 10.6 Å². The van der Waals surface area contributed by atoms with Gasteiger partial charge in [-0.05, 0) is 36.1 Å². The highest BCUT2D eigenvalue weighted by Gasteiger charge is 2.25. The van der Waals surface area contributed by atoms with E-state index in [1.54, 1.807) is 36.7 Å². The first kappa shape index (κ1) is 18.9. The van der Waals surface area contributed by atoms with Crippen molar-refractivity contribution in [3.8, 4) is 0 Å². The Labute approximate surface area is 152 Å². The van der Waals surface area contributed by atoms with Crippen molar-refractivity contribution < 1.29 is 9.59 Å². The molecule has 2 amide bonds. The monoisotopic (exact) mass is 359 g/mol. The van der Waals surface area contributed by atoms with Gasteiger partial charge in [-0.25, -0.2) is 0 Å². The molecule has 1 aromatic heterocycles. The number of carbonyl (C=O) groups excluding carboxylic acids is 2. The topological polar surface area (TPSA) is 71.1 Å². The number of carbonyl (C=O) groups is 2. The highest BCUT2D eigenvalue weighted by Crippen LogP contribution is 2.15. The second kappa shape index (κ2) is 9.18. The number of benzene rings is 1. The summed E-state index contributed by atoms with van der Waals surface area (Å²) < 4.78 is 0. The van der Waals surface area contributed by atoms with E-state index < -0.39 is 6.04 Å². The van der Waals surface area contributed by atoms with Gasteiger partial charge in [0.05, 0.1) is 10.6 Å². The number of amides is 2. The smallest absolute Gasteiger partial charge is 0.253 e. The lowest BCUT2D eigenvalue weighted by atomic mass is 10.0. The summed E-state index contributed by atoms with van der Waals surface area (Å²) in [4.78, 5) is 28.9. The van der Waals surface area contributed by atoms with Gasteiger partial charge in [0.2, 0.25) is 5.91 Å². The van der Waals surface area contributed by atoms with Crippen LogP contribution in [-0.2, 0) is 11.2 Å². The first-order chi connectivity index (χ1) is 12.0. The van der Waals surface area contributed by atoms with Gasteiger partial charge >= 0.3 is 0 Å². The number of halogens is 1. The average molecular weight is 360 g/mol. The highest BCUT2D eigenvalue weighted by atomic mass is 35.5. The Morgan fingerprint density at radius 1 is 1.16 bits per heavy atom. The van der Waals surface area contributed by atoms with Crippen molar-refractivity contribution >= 4 is 23.4 Å². The lowest BCUT2D eigenvalue weighted by Gasteiger charge is -2.22. The molecule has 0 saturated heterocycles. The minimum absolute atomic E-state index is 0.0511. The van der Waals surface area contributed by atoms with E-state index in [2.05, 4.69) is 15.6 Å². The number of nitrogens with one attached hydrogen (secondary N) is 2. The summed E-state index contributed by atoms with van der Waals surface area (Å²) in [6, 6.07) is 9.96. The first-order valence-electron chi connectivity index (χ1n) is 8.21. The van der Waals surface area contributed by atoms with E-state index in [9.17, 15) is 9.59 Å². The normalized spacial score (nSPS) is 11.8. The Hall–Kier alpha value is -2.40. The van der Waals surface area contributed by atoms with Gasteiger partial charge in [-0.2, -0.15) is 0 Å². The molecule has 1 atom stereocenters. The van der Waals surface area contributed by atoms with Gasteiger partial charge < -0.3 is 10.6 Å². The van der Waals surface area contributed by atoms with E-state index in [1.807, 2.05) is 26.0 Å². The molecule has 1 unspecified atom stereocenters. The van der Waals surface area contributed by atoms with Crippen molar-refractivity contribution in [3.05, 3.63) is 64.9 Å². The van der Waals surface area contributed by atoms with Crippen LogP contribution in [0.1, 0.15) is 29.8 Å². The summed E-state index contributed by atoms with van der Waals surface area (Å²) in [6.45, 7) is 4.26. The maximum absolute atomic E-state index is 12.5. The zero-order valence-electron chi connectivity index (χ0n) is 14.3. The van der Waals surface area contributed by atoms with Crippen molar-refractivity contribution in [1.29, 1.82) is 0 Å². The predicted octanol–water partition coefficient (Wildman–Crippen LogP) is 2.85. The van der Waals surface area contributed by atoms with Crippen LogP contribution in [0.3, 0.4) is 0 Å². The molecular weight excluding hydrogens is 338 g/mol. The Morgan fingerprint density at radius 3 is 2.56 bits per heavy atom. The number of pyridine rings is 1. The van der Waals surface area contributed by atoms with E-state index in [-0.39, 0.29) is 17.7 Å². The average Bonchev–Trinajstić information content (AvgIpc) is 2.60. The molecule has 0 saturated carbocycles. The summed E-state index contributed by atoms with van der Waals surface area (Å²) >= 11 is 6.05. The van der Waals surface area contributed by atoms with Gasteiger partial charge in [0.15, 0.2) is 0 Å². The molecule has 0 spiro atoms. The molecule has 1 heterocycles. The standard InChI is InChI=1S/C19H22ClN3O2/c1-13(2)17(23-18(24)15-7-3-4-8-16(15)20)19(25)22-11-9-14-6-5-10-21-12-14/h3-8,10,12-13,17H,9,11H2,1-2H3,(H,22,25)(H,23,24). The van der Waals surface area contributed by atoms with Crippen LogP contribution in [0, 0.1) is 5.92 Å². The van der Waals surface area contributed by atoms with E-state index in [4.69, 9.17) is 11.6 Å². The summed E-state index contributed by atoms with van der Waals surface area (Å²) in [5, 5.41) is 6.00. The molecule has 5 nitrogen and oxygen atoms in total. The minimum Gasteiger partial charge on any atom is -0.354 e. The first-order valence-corrected chi connectivity index (χ1v) is 8.59.